The van der Waals surface area contributed by atoms with E-state index in [-0.39, 0.29) is 0 Å². The Hall–Kier alpha value is -2.06. The average Bonchev–Trinajstić information content (AvgIpc) is 2.19. The van der Waals surface area contributed by atoms with Gasteiger partial charge < -0.3 is 30.6 Å². The average molecular weight is 232 g/mol. The third-order valence-corrected chi connectivity index (χ3v) is 2.16. The fourth-order valence-electron chi connectivity index (χ4n) is 1.20. The van der Waals surface area contributed by atoms with E-state index in [4.69, 9.17) is 15.3 Å². The fourth-order valence-corrected chi connectivity index (χ4v) is 1.20. The second-order valence-electron chi connectivity index (χ2n) is 3.11. The summed E-state index contributed by atoms with van der Waals surface area (Å²) < 4.78 is 0. The predicted molar refractivity (Wildman–Crippen MR) is 46.6 cm³/mol. The van der Waals surface area contributed by atoms with Gasteiger partial charge in [-0.05, 0) is 6.08 Å². The highest BCUT2D eigenvalue weighted by Crippen LogP contribution is 2.31. The van der Waals surface area contributed by atoms with Crippen molar-refractivity contribution in [2.24, 2.45) is 0 Å². The number of rotatable bonds is 2. The lowest BCUT2D eigenvalue weighted by Crippen LogP contribution is -2.54. The molecule has 0 heterocycles. The maximum Gasteiger partial charge on any atom is 0.347 e. The van der Waals surface area contributed by atoms with Crippen LogP contribution in [0.2, 0.25) is 0 Å². The zero-order valence-corrected chi connectivity index (χ0v) is 7.65. The Balaban J connectivity index is 3.38. The van der Waals surface area contributed by atoms with Crippen molar-refractivity contribution in [1.82, 2.24) is 0 Å². The summed E-state index contributed by atoms with van der Waals surface area (Å²) in [6.45, 7) is 0. The standard InChI is InChI=1S/C8H8O8/c9-3-1-2(6(12)13)4(10)5(11)8(3,16)7(14)15/h1,5,9-11,16H,(H,12,13)(H,14,15). The van der Waals surface area contributed by atoms with Gasteiger partial charge in [0.1, 0.15) is 17.1 Å². The number of carboxylic acids is 2. The van der Waals surface area contributed by atoms with Crippen LogP contribution in [0.3, 0.4) is 0 Å². The Morgan fingerprint density at radius 2 is 1.75 bits per heavy atom. The Labute approximate surface area is 88.0 Å². The van der Waals surface area contributed by atoms with Crippen molar-refractivity contribution in [3.63, 3.8) is 0 Å². The van der Waals surface area contributed by atoms with E-state index in [0.29, 0.717) is 6.08 Å². The van der Waals surface area contributed by atoms with Crippen LogP contribution in [0, 0.1) is 0 Å². The molecule has 2 atom stereocenters. The number of carbonyl (C=O) groups is 2. The monoisotopic (exact) mass is 232 g/mol. The molecule has 0 saturated carbocycles. The molecule has 0 amide bonds. The van der Waals surface area contributed by atoms with E-state index in [1.807, 2.05) is 0 Å². The molecule has 1 aliphatic rings. The summed E-state index contributed by atoms with van der Waals surface area (Å²) in [4.78, 5) is 21.2. The van der Waals surface area contributed by atoms with Gasteiger partial charge in [0.25, 0.3) is 5.60 Å². The Morgan fingerprint density at radius 3 is 2.12 bits per heavy atom. The number of hydrogen-bond acceptors (Lipinski definition) is 6. The first-order valence-electron chi connectivity index (χ1n) is 3.94. The molecular weight excluding hydrogens is 224 g/mol. The molecule has 0 spiro atoms. The molecule has 0 aliphatic heterocycles. The van der Waals surface area contributed by atoms with Gasteiger partial charge in [0, 0.05) is 0 Å². The largest absolute Gasteiger partial charge is 0.508 e. The van der Waals surface area contributed by atoms with Crippen molar-refractivity contribution < 1.29 is 40.2 Å². The molecule has 8 nitrogen and oxygen atoms in total. The van der Waals surface area contributed by atoms with Gasteiger partial charge in [-0.2, -0.15) is 0 Å². The molecule has 6 N–H and O–H groups in total. The maximum absolute atomic E-state index is 10.6. The lowest BCUT2D eigenvalue weighted by molar-refractivity contribution is -0.169. The van der Waals surface area contributed by atoms with Gasteiger partial charge in [0.2, 0.25) is 0 Å². The number of hydrogen-bond donors (Lipinski definition) is 6. The summed E-state index contributed by atoms with van der Waals surface area (Å²) in [5.74, 6) is -6.22. The summed E-state index contributed by atoms with van der Waals surface area (Å²) in [5, 5.41) is 54.1. The Kier molecular flexibility index (Phi) is 2.63. The molecule has 0 bridgehead atoms. The van der Waals surface area contributed by atoms with E-state index in [1.165, 1.54) is 0 Å². The van der Waals surface area contributed by atoms with Gasteiger partial charge in [-0.15, -0.1) is 0 Å². The van der Waals surface area contributed by atoms with Crippen LogP contribution in [0.5, 0.6) is 0 Å². The van der Waals surface area contributed by atoms with Crippen LogP contribution in [0.1, 0.15) is 0 Å². The first-order valence-corrected chi connectivity index (χ1v) is 3.94. The van der Waals surface area contributed by atoms with Gasteiger partial charge in [-0.1, -0.05) is 0 Å². The van der Waals surface area contributed by atoms with Crippen LogP contribution in [-0.4, -0.2) is 54.3 Å². The molecule has 2 unspecified atom stereocenters. The zero-order chi connectivity index (χ0) is 12.7. The van der Waals surface area contributed by atoms with Gasteiger partial charge >= 0.3 is 11.9 Å². The first-order chi connectivity index (χ1) is 7.22. The quantitative estimate of drug-likeness (QED) is 0.336. The summed E-state index contributed by atoms with van der Waals surface area (Å²) in [6, 6.07) is 0. The molecule has 1 aliphatic carbocycles. The molecule has 0 radical (unpaired) electrons. The minimum Gasteiger partial charge on any atom is -0.508 e. The van der Waals surface area contributed by atoms with Gasteiger partial charge in [-0.25, -0.2) is 9.59 Å². The third kappa shape index (κ3) is 1.40. The van der Waals surface area contributed by atoms with Crippen molar-refractivity contribution in [1.29, 1.82) is 0 Å². The SMILES string of the molecule is O=C(O)C1=C(O)C(O)C(O)(C(=O)O)C(O)=C1. The van der Waals surface area contributed by atoms with Gasteiger partial charge in [0.15, 0.2) is 6.10 Å². The molecule has 16 heavy (non-hydrogen) atoms. The van der Waals surface area contributed by atoms with E-state index >= 15 is 0 Å². The smallest absolute Gasteiger partial charge is 0.347 e. The normalized spacial score (nSPS) is 29.9. The van der Waals surface area contributed by atoms with Crippen LogP contribution < -0.4 is 0 Å². The molecule has 0 saturated heterocycles. The van der Waals surface area contributed by atoms with Crippen LogP contribution in [0.15, 0.2) is 23.2 Å². The highest BCUT2D eigenvalue weighted by atomic mass is 16.4. The van der Waals surface area contributed by atoms with E-state index < -0.39 is 40.7 Å². The van der Waals surface area contributed by atoms with Gasteiger partial charge in [0.05, 0.1) is 0 Å². The summed E-state index contributed by atoms with van der Waals surface area (Å²) in [7, 11) is 0. The van der Waals surface area contributed by atoms with E-state index in [0.717, 1.165) is 0 Å². The van der Waals surface area contributed by atoms with Gasteiger partial charge in [-0.3, -0.25) is 0 Å². The zero-order valence-electron chi connectivity index (χ0n) is 7.65. The summed E-state index contributed by atoms with van der Waals surface area (Å²) in [5.41, 5.74) is -4.04. The highest BCUT2D eigenvalue weighted by molar-refractivity contribution is 5.93. The van der Waals surface area contributed by atoms with E-state index in [1.54, 1.807) is 0 Å². The van der Waals surface area contributed by atoms with Crippen LogP contribution in [0.4, 0.5) is 0 Å². The van der Waals surface area contributed by atoms with Crippen molar-refractivity contribution in [2.75, 3.05) is 0 Å². The van der Waals surface area contributed by atoms with Crippen molar-refractivity contribution >= 4 is 11.9 Å². The highest BCUT2D eigenvalue weighted by Gasteiger charge is 2.53. The number of carboxylic acid groups (broad SMARTS) is 2. The molecule has 0 fully saturated rings. The number of aliphatic carboxylic acids is 2. The molecule has 0 aromatic heterocycles. The van der Waals surface area contributed by atoms with Crippen LogP contribution in [0.25, 0.3) is 0 Å². The van der Waals surface area contributed by atoms with Crippen molar-refractivity contribution in [3.05, 3.63) is 23.2 Å². The lowest BCUT2D eigenvalue weighted by Gasteiger charge is -2.30. The van der Waals surface area contributed by atoms with Crippen LogP contribution >= 0.6 is 0 Å². The second kappa shape index (κ2) is 3.51. The molecule has 88 valence electrons. The Morgan fingerprint density at radius 1 is 1.25 bits per heavy atom. The summed E-state index contributed by atoms with van der Waals surface area (Å²) in [6.07, 6.45) is -2.10. The minimum atomic E-state index is -3.15. The van der Waals surface area contributed by atoms with Crippen LogP contribution in [-0.2, 0) is 9.59 Å². The Bertz CT molecular complexity index is 420. The third-order valence-electron chi connectivity index (χ3n) is 2.16. The summed E-state index contributed by atoms with van der Waals surface area (Å²) >= 11 is 0. The predicted octanol–water partition coefficient (Wildman–Crippen LogP) is -1.48. The molecular formula is C8H8O8. The van der Waals surface area contributed by atoms with E-state index in [9.17, 15) is 24.9 Å². The number of aliphatic hydroxyl groups is 4. The van der Waals surface area contributed by atoms with Crippen molar-refractivity contribution in [3.8, 4) is 0 Å². The van der Waals surface area contributed by atoms with E-state index in [2.05, 4.69) is 0 Å². The second-order valence-corrected chi connectivity index (χ2v) is 3.11. The molecule has 8 heteroatoms. The maximum atomic E-state index is 10.6. The van der Waals surface area contributed by atoms with Crippen molar-refractivity contribution in [2.45, 2.75) is 11.7 Å². The number of aliphatic hydroxyl groups excluding tert-OH is 3. The molecule has 0 aromatic rings. The lowest BCUT2D eigenvalue weighted by atomic mass is 9.86. The molecule has 0 aromatic carbocycles. The molecule has 1 rings (SSSR count). The minimum absolute atomic E-state index is 0.360. The fraction of sp³-hybridized carbons (Fsp3) is 0.250. The first kappa shape index (κ1) is 12.0. The topological polar surface area (TPSA) is 156 Å².